The zero-order chi connectivity index (χ0) is 17.6. The predicted octanol–water partition coefficient (Wildman–Crippen LogP) is 3.24. The number of carbonyl (C=O) groups excluding carboxylic acids is 2. The van der Waals surface area contributed by atoms with Crippen LogP contribution < -0.4 is 10.5 Å². The van der Waals surface area contributed by atoms with Crippen molar-refractivity contribution in [3.8, 4) is 5.75 Å². The standard InChI is InChI=1S/C17H25ClN2O3/c1-5-11(3)20(12(4)6-2)16(21)10-23-15-8-7-13(18)9-14(15)17(19)22/h7-9,11-12H,5-6,10H2,1-4H3,(H2,19,22)/t11-,12+. The molecular weight excluding hydrogens is 316 g/mol. The molecule has 0 aliphatic heterocycles. The largest absolute Gasteiger partial charge is 0.483 e. The number of nitrogens with zero attached hydrogens (tertiary/aromatic N) is 1. The third kappa shape index (κ3) is 5.13. The maximum absolute atomic E-state index is 12.5. The molecule has 0 saturated heterocycles. The van der Waals surface area contributed by atoms with Gasteiger partial charge in [0, 0.05) is 17.1 Å². The molecule has 2 atom stereocenters. The lowest BCUT2D eigenvalue weighted by Crippen LogP contribution is -2.46. The summed E-state index contributed by atoms with van der Waals surface area (Å²) in [6.45, 7) is 7.97. The van der Waals surface area contributed by atoms with E-state index in [0.29, 0.717) is 5.02 Å². The van der Waals surface area contributed by atoms with Crippen molar-refractivity contribution in [2.45, 2.75) is 52.6 Å². The highest BCUT2D eigenvalue weighted by atomic mass is 35.5. The molecule has 0 aliphatic carbocycles. The van der Waals surface area contributed by atoms with Crippen LogP contribution in [0.5, 0.6) is 5.75 Å². The van der Waals surface area contributed by atoms with Gasteiger partial charge in [0.05, 0.1) is 5.56 Å². The summed E-state index contributed by atoms with van der Waals surface area (Å²) in [6.07, 6.45) is 1.73. The first-order valence-corrected chi connectivity index (χ1v) is 8.22. The molecule has 0 heterocycles. The van der Waals surface area contributed by atoms with Crippen molar-refractivity contribution in [3.63, 3.8) is 0 Å². The van der Waals surface area contributed by atoms with Gasteiger partial charge in [-0.3, -0.25) is 9.59 Å². The molecule has 6 heteroatoms. The zero-order valence-electron chi connectivity index (χ0n) is 14.1. The van der Waals surface area contributed by atoms with Crippen molar-refractivity contribution in [3.05, 3.63) is 28.8 Å². The Hall–Kier alpha value is -1.75. The van der Waals surface area contributed by atoms with Crippen LogP contribution in [0.1, 0.15) is 50.9 Å². The van der Waals surface area contributed by atoms with Crippen LogP contribution in [-0.4, -0.2) is 35.4 Å². The average molecular weight is 341 g/mol. The smallest absolute Gasteiger partial charge is 0.260 e. The number of primary amides is 1. The molecule has 1 aromatic rings. The Morgan fingerprint density at radius 3 is 2.26 bits per heavy atom. The van der Waals surface area contributed by atoms with Crippen molar-refractivity contribution < 1.29 is 14.3 Å². The fraction of sp³-hybridized carbons (Fsp3) is 0.529. The topological polar surface area (TPSA) is 72.6 Å². The van der Waals surface area contributed by atoms with E-state index >= 15 is 0 Å². The lowest BCUT2D eigenvalue weighted by Gasteiger charge is -2.34. The van der Waals surface area contributed by atoms with Crippen LogP contribution in [0.15, 0.2) is 18.2 Å². The monoisotopic (exact) mass is 340 g/mol. The fourth-order valence-corrected chi connectivity index (χ4v) is 2.53. The van der Waals surface area contributed by atoms with Crippen LogP contribution in [-0.2, 0) is 4.79 Å². The van der Waals surface area contributed by atoms with Gasteiger partial charge in [0.1, 0.15) is 5.75 Å². The predicted molar refractivity (Wildman–Crippen MR) is 91.8 cm³/mol. The van der Waals surface area contributed by atoms with Crippen LogP contribution in [0, 0.1) is 0 Å². The van der Waals surface area contributed by atoms with Crippen LogP contribution >= 0.6 is 11.6 Å². The molecule has 23 heavy (non-hydrogen) atoms. The van der Waals surface area contributed by atoms with E-state index in [0.717, 1.165) is 12.8 Å². The quantitative estimate of drug-likeness (QED) is 0.789. The number of benzene rings is 1. The van der Waals surface area contributed by atoms with Gasteiger partial charge in [-0.1, -0.05) is 25.4 Å². The van der Waals surface area contributed by atoms with Crippen molar-refractivity contribution in [2.75, 3.05) is 6.61 Å². The maximum Gasteiger partial charge on any atom is 0.260 e. The Morgan fingerprint density at radius 2 is 1.78 bits per heavy atom. The summed E-state index contributed by atoms with van der Waals surface area (Å²) in [5.41, 5.74) is 5.49. The lowest BCUT2D eigenvalue weighted by atomic mass is 10.1. The number of carbonyl (C=O) groups is 2. The summed E-state index contributed by atoms with van der Waals surface area (Å²) >= 11 is 5.86. The number of hydrogen-bond donors (Lipinski definition) is 1. The van der Waals surface area contributed by atoms with Crippen molar-refractivity contribution >= 4 is 23.4 Å². The summed E-state index contributed by atoms with van der Waals surface area (Å²) in [5.74, 6) is -0.488. The first-order chi connectivity index (χ1) is 10.8. The summed E-state index contributed by atoms with van der Waals surface area (Å²) in [4.78, 5) is 25.8. The van der Waals surface area contributed by atoms with Crippen molar-refractivity contribution in [1.82, 2.24) is 4.90 Å². The van der Waals surface area contributed by atoms with E-state index in [1.54, 1.807) is 12.1 Å². The van der Waals surface area contributed by atoms with Crippen LogP contribution in [0.2, 0.25) is 5.02 Å². The van der Waals surface area contributed by atoms with Gasteiger partial charge < -0.3 is 15.4 Å². The van der Waals surface area contributed by atoms with Gasteiger partial charge in [0.25, 0.3) is 11.8 Å². The van der Waals surface area contributed by atoms with Crippen molar-refractivity contribution in [2.24, 2.45) is 5.73 Å². The molecule has 0 unspecified atom stereocenters. The molecule has 0 bridgehead atoms. The molecule has 0 aromatic heterocycles. The molecule has 2 N–H and O–H groups in total. The number of hydrogen-bond acceptors (Lipinski definition) is 3. The molecule has 1 aromatic carbocycles. The Balaban J connectivity index is 2.87. The van der Waals surface area contributed by atoms with Gasteiger partial charge in [0.15, 0.2) is 6.61 Å². The Bertz CT molecular complexity index is 553. The number of halogens is 1. The fourth-order valence-electron chi connectivity index (χ4n) is 2.35. The zero-order valence-corrected chi connectivity index (χ0v) is 14.9. The Labute approximate surface area is 142 Å². The minimum atomic E-state index is -0.643. The van der Waals surface area contributed by atoms with Gasteiger partial charge in [-0.25, -0.2) is 0 Å². The van der Waals surface area contributed by atoms with E-state index in [1.807, 2.05) is 32.6 Å². The van der Waals surface area contributed by atoms with E-state index in [1.165, 1.54) is 6.07 Å². The summed E-state index contributed by atoms with van der Waals surface area (Å²) in [7, 11) is 0. The second-order valence-electron chi connectivity index (χ2n) is 5.61. The first kappa shape index (κ1) is 19.3. The molecule has 1 rings (SSSR count). The summed E-state index contributed by atoms with van der Waals surface area (Å²) < 4.78 is 5.53. The van der Waals surface area contributed by atoms with Gasteiger partial charge in [0.2, 0.25) is 0 Å². The van der Waals surface area contributed by atoms with Crippen LogP contribution in [0.3, 0.4) is 0 Å². The summed E-state index contributed by atoms with van der Waals surface area (Å²) in [5, 5.41) is 0.387. The molecule has 0 saturated carbocycles. The van der Waals surface area contributed by atoms with E-state index in [9.17, 15) is 9.59 Å². The van der Waals surface area contributed by atoms with E-state index in [4.69, 9.17) is 22.1 Å². The minimum Gasteiger partial charge on any atom is -0.483 e. The van der Waals surface area contributed by atoms with Crippen LogP contribution in [0.25, 0.3) is 0 Å². The number of rotatable bonds is 8. The number of nitrogens with two attached hydrogens (primary N) is 1. The Kier molecular flexibility index (Phi) is 7.36. The second kappa shape index (κ2) is 8.77. The first-order valence-electron chi connectivity index (χ1n) is 7.85. The van der Waals surface area contributed by atoms with Crippen molar-refractivity contribution in [1.29, 1.82) is 0 Å². The minimum absolute atomic E-state index is 0.112. The average Bonchev–Trinajstić information content (AvgIpc) is 2.53. The number of ether oxygens (including phenoxy) is 1. The van der Waals surface area contributed by atoms with Gasteiger partial charge in [-0.2, -0.15) is 0 Å². The van der Waals surface area contributed by atoms with Gasteiger partial charge in [-0.05, 0) is 44.9 Å². The van der Waals surface area contributed by atoms with Gasteiger partial charge in [-0.15, -0.1) is 0 Å². The highest BCUT2D eigenvalue weighted by Crippen LogP contribution is 2.23. The molecule has 2 amide bonds. The molecular formula is C17H25ClN2O3. The third-order valence-corrected chi connectivity index (χ3v) is 4.21. The normalized spacial score (nSPS) is 13.3. The third-order valence-electron chi connectivity index (χ3n) is 3.98. The van der Waals surface area contributed by atoms with E-state index < -0.39 is 5.91 Å². The lowest BCUT2D eigenvalue weighted by molar-refractivity contribution is -0.137. The molecule has 5 nitrogen and oxygen atoms in total. The SMILES string of the molecule is CC[C@@H](C)N(C(=O)COc1ccc(Cl)cc1C(N)=O)[C@@H](C)CC. The van der Waals surface area contributed by atoms with E-state index in [-0.39, 0.29) is 35.9 Å². The second-order valence-corrected chi connectivity index (χ2v) is 6.05. The van der Waals surface area contributed by atoms with Crippen LogP contribution in [0.4, 0.5) is 0 Å². The van der Waals surface area contributed by atoms with Gasteiger partial charge >= 0.3 is 0 Å². The maximum atomic E-state index is 12.5. The highest BCUT2D eigenvalue weighted by Gasteiger charge is 2.24. The Morgan fingerprint density at radius 1 is 1.22 bits per heavy atom. The molecule has 0 fully saturated rings. The molecule has 0 aliphatic rings. The van der Waals surface area contributed by atoms with E-state index in [2.05, 4.69) is 0 Å². The molecule has 0 radical (unpaired) electrons. The number of amides is 2. The summed E-state index contributed by atoms with van der Waals surface area (Å²) in [6, 6.07) is 4.83. The molecule has 128 valence electrons. The highest BCUT2D eigenvalue weighted by molar-refractivity contribution is 6.31. The molecule has 0 spiro atoms.